The summed E-state index contributed by atoms with van der Waals surface area (Å²) in [5, 5.41) is 4.79. The van der Waals surface area contributed by atoms with Gasteiger partial charge in [0.05, 0.1) is 28.6 Å². The van der Waals surface area contributed by atoms with Crippen LogP contribution < -0.4 is 5.73 Å². The van der Waals surface area contributed by atoms with Crippen molar-refractivity contribution in [2.24, 2.45) is 18.7 Å². The average Bonchev–Trinajstić information content (AvgIpc) is 2.70. The standard InChI is InChI=1S/C13H22ClN3O/c1-9-4-6-13(18-3,7-5-9)12(15)11-10(14)8-16-17(11)2/h8-9,12H,4-7,15H2,1-3H3. The quantitative estimate of drug-likeness (QED) is 0.920. The van der Waals surface area contributed by atoms with Crippen LogP contribution in [0.25, 0.3) is 0 Å². The second-order valence-corrected chi connectivity index (χ2v) is 5.84. The zero-order valence-electron chi connectivity index (χ0n) is 11.3. The average molecular weight is 272 g/mol. The summed E-state index contributed by atoms with van der Waals surface area (Å²) < 4.78 is 7.55. The number of aromatic nitrogens is 2. The number of nitrogens with zero attached hydrogens (tertiary/aromatic N) is 2. The van der Waals surface area contributed by atoms with E-state index in [-0.39, 0.29) is 11.6 Å². The highest BCUT2D eigenvalue weighted by molar-refractivity contribution is 6.31. The molecule has 1 aliphatic carbocycles. The van der Waals surface area contributed by atoms with Crippen molar-refractivity contribution in [3.8, 4) is 0 Å². The van der Waals surface area contributed by atoms with Crippen LogP contribution in [0.2, 0.25) is 5.02 Å². The largest absolute Gasteiger partial charge is 0.376 e. The van der Waals surface area contributed by atoms with E-state index < -0.39 is 0 Å². The van der Waals surface area contributed by atoms with E-state index >= 15 is 0 Å². The van der Waals surface area contributed by atoms with Crippen molar-refractivity contribution in [1.29, 1.82) is 0 Å². The first kappa shape index (κ1) is 13.8. The van der Waals surface area contributed by atoms with Gasteiger partial charge in [0.2, 0.25) is 0 Å². The number of ether oxygens (including phenoxy) is 1. The third kappa shape index (κ3) is 2.29. The van der Waals surface area contributed by atoms with E-state index in [1.54, 1.807) is 18.0 Å². The summed E-state index contributed by atoms with van der Waals surface area (Å²) in [4.78, 5) is 0. The first-order chi connectivity index (χ1) is 8.50. The Hall–Kier alpha value is -0.580. The van der Waals surface area contributed by atoms with E-state index in [0.717, 1.165) is 37.3 Å². The molecule has 0 aromatic carbocycles. The predicted molar refractivity (Wildman–Crippen MR) is 72.5 cm³/mol. The Morgan fingerprint density at radius 2 is 2.17 bits per heavy atom. The van der Waals surface area contributed by atoms with Crippen LogP contribution in [0.5, 0.6) is 0 Å². The Morgan fingerprint density at radius 1 is 1.56 bits per heavy atom. The van der Waals surface area contributed by atoms with Gasteiger partial charge in [0, 0.05) is 14.2 Å². The third-order valence-corrected chi connectivity index (χ3v) is 4.62. The molecule has 0 spiro atoms. The van der Waals surface area contributed by atoms with E-state index in [1.165, 1.54) is 0 Å². The van der Waals surface area contributed by atoms with E-state index in [2.05, 4.69) is 12.0 Å². The molecule has 102 valence electrons. The Morgan fingerprint density at radius 3 is 2.61 bits per heavy atom. The van der Waals surface area contributed by atoms with E-state index in [0.29, 0.717) is 5.02 Å². The lowest BCUT2D eigenvalue weighted by Gasteiger charge is -2.42. The smallest absolute Gasteiger partial charge is 0.0886 e. The molecule has 0 radical (unpaired) electrons. The summed E-state index contributed by atoms with van der Waals surface area (Å²) in [5.74, 6) is 0.752. The number of halogens is 1. The van der Waals surface area contributed by atoms with Crippen LogP contribution in [0.15, 0.2) is 6.20 Å². The molecule has 1 fully saturated rings. The highest BCUT2D eigenvalue weighted by Crippen LogP contribution is 2.42. The molecular weight excluding hydrogens is 250 g/mol. The van der Waals surface area contributed by atoms with Crippen molar-refractivity contribution < 1.29 is 4.74 Å². The summed E-state index contributed by atoms with van der Waals surface area (Å²) >= 11 is 6.19. The third-order valence-electron chi connectivity index (χ3n) is 4.33. The molecule has 1 aliphatic rings. The lowest BCUT2D eigenvalue weighted by molar-refractivity contribution is -0.0687. The predicted octanol–water partition coefficient (Wildman–Crippen LogP) is 2.67. The van der Waals surface area contributed by atoms with Gasteiger partial charge in [-0.3, -0.25) is 4.68 Å². The van der Waals surface area contributed by atoms with Gasteiger partial charge in [0.1, 0.15) is 0 Å². The fourth-order valence-electron chi connectivity index (χ4n) is 2.91. The normalized spacial score (nSPS) is 30.4. The topological polar surface area (TPSA) is 53.1 Å². The molecule has 0 saturated heterocycles. The van der Waals surface area contributed by atoms with Crippen LogP contribution in [0.4, 0.5) is 0 Å². The van der Waals surface area contributed by atoms with E-state index in [4.69, 9.17) is 22.1 Å². The number of nitrogens with two attached hydrogens (primary N) is 1. The maximum Gasteiger partial charge on any atom is 0.0886 e. The van der Waals surface area contributed by atoms with Gasteiger partial charge < -0.3 is 10.5 Å². The molecule has 4 nitrogen and oxygen atoms in total. The minimum atomic E-state index is -0.302. The Kier molecular flexibility index (Phi) is 3.99. The Balaban J connectivity index is 2.28. The first-order valence-electron chi connectivity index (χ1n) is 6.48. The molecule has 1 heterocycles. The summed E-state index contributed by atoms with van der Waals surface area (Å²) in [6.45, 7) is 2.28. The van der Waals surface area contributed by atoms with Crippen LogP contribution >= 0.6 is 11.6 Å². The molecule has 0 aliphatic heterocycles. The molecule has 2 N–H and O–H groups in total. The van der Waals surface area contributed by atoms with Crippen LogP contribution in [0.1, 0.15) is 44.3 Å². The summed E-state index contributed by atoms with van der Waals surface area (Å²) in [7, 11) is 3.62. The molecule has 5 heteroatoms. The number of hydrogen-bond donors (Lipinski definition) is 1. The number of methoxy groups -OCH3 is 1. The number of aryl methyl sites for hydroxylation is 1. The first-order valence-corrected chi connectivity index (χ1v) is 6.86. The highest BCUT2D eigenvalue weighted by Gasteiger charge is 2.42. The van der Waals surface area contributed by atoms with Crippen LogP contribution in [-0.2, 0) is 11.8 Å². The fraction of sp³-hybridized carbons (Fsp3) is 0.769. The van der Waals surface area contributed by atoms with Gasteiger partial charge in [-0.15, -0.1) is 0 Å². The molecule has 0 bridgehead atoms. The summed E-state index contributed by atoms with van der Waals surface area (Å²) in [6, 6.07) is -0.227. The van der Waals surface area contributed by atoms with Crippen molar-refractivity contribution in [3.63, 3.8) is 0 Å². The monoisotopic (exact) mass is 271 g/mol. The zero-order valence-corrected chi connectivity index (χ0v) is 12.1. The minimum Gasteiger partial charge on any atom is -0.376 e. The van der Waals surface area contributed by atoms with E-state index in [1.807, 2.05) is 7.05 Å². The second kappa shape index (κ2) is 5.19. The summed E-state index contributed by atoms with van der Waals surface area (Å²) in [6.07, 6.45) is 5.90. The number of hydrogen-bond acceptors (Lipinski definition) is 3. The van der Waals surface area contributed by atoms with Gasteiger partial charge in [-0.25, -0.2) is 0 Å². The fourth-order valence-corrected chi connectivity index (χ4v) is 3.20. The van der Waals surface area contributed by atoms with Crippen molar-refractivity contribution in [2.75, 3.05) is 7.11 Å². The van der Waals surface area contributed by atoms with Gasteiger partial charge in [-0.05, 0) is 31.6 Å². The molecule has 1 aromatic rings. The second-order valence-electron chi connectivity index (χ2n) is 5.43. The van der Waals surface area contributed by atoms with E-state index in [9.17, 15) is 0 Å². The van der Waals surface area contributed by atoms with Crippen molar-refractivity contribution >= 4 is 11.6 Å². The van der Waals surface area contributed by atoms with Gasteiger partial charge in [0.15, 0.2) is 0 Å². The lowest BCUT2D eigenvalue weighted by Crippen LogP contribution is -2.46. The van der Waals surface area contributed by atoms with Gasteiger partial charge >= 0.3 is 0 Å². The maximum absolute atomic E-state index is 6.44. The lowest BCUT2D eigenvalue weighted by atomic mass is 9.74. The van der Waals surface area contributed by atoms with Crippen molar-refractivity contribution in [2.45, 2.75) is 44.2 Å². The molecule has 18 heavy (non-hydrogen) atoms. The van der Waals surface area contributed by atoms with Gasteiger partial charge in [-0.2, -0.15) is 5.10 Å². The summed E-state index contributed by atoms with van der Waals surface area (Å²) in [5.41, 5.74) is 7.00. The molecule has 1 aromatic heterocycles. The molecule has 1 unspecified atom stereocenters. The maximum atomic E-state index is 6.44. The van der Waals surface area contributed by atoms with Gasteiger partial charge in [-0.1, -0.05) is 18.5 Å². The molecule has 0 amide bonds. The Bertz CT molecular complexity index is 391. The molecule has 2 rings (SSSR count). The molecular formula is C13H22ClN3O. The van der Waals surface area contributed by atoms with Crippen molar-refractivity contribution in [3.05, 3.63) is 16.9 Å². The number of rotatable bonds is 3. The van der Waals surface area contributed by atoms with Crippen molar-refractivity contribution in [1.82, 2.24) is 9.78 Å². The van der Waals surface area contributed by atoms with Gasteiger partial charge in [0.25, 0.3) is 0 Å². The molecule has 1 atom stereocenters. The van der Waals surface area contributed by atoms with Crippen LogP contribution in [0.3, 0.4) is 0 Å². The van der Waals surface area contributed by atoms with Crippen LogP contribution in [0, 0.1) is 5.92 Å². The SMILES string of the molecule is COC1(C(N)c2c(Cl)cnn2C)CCC(C)CC1. The highest BCUT2D eigenvalue weighted by atomic mass is 35.5. The zero-order chi connectivity index (χ0) is 13.3. The molecule has 1 saturated carbocycles. The Labute approximate surface area is 113 Å². The minimum absolute atomic E-state index is 0.227. The van der Waals surface area contributed by atoms with Crippen LogP contribution in [-0.4, -0.2) is 22.5 Å².